The highest BCUT2D eigenvalue weighted by Crippen LogP contribution is 1.87. The fraction of sp³-hybridized carbons (Fsp3) is 0.0769. The Kier molecular flexibility index (Phi) is 3.35. The van der Waals surface area contributed by atoms with Crippen LogP contribution in [0.25, 0.3) is 6.20 Å². The van der Waals surface area contributed by atoms with E-state index in [4.69, 9.17) is 0 Å². The first-order valence-electron chi connectivity index (χ1n) is 5.27. The summed E-state index contributed by atoms with van der Waals surface area (Å²) >= 11 is 0. The van der Waals surface area contributed by atoms with Crippen molar-refractivity contribution in [3.63, 3.8) is 0 Å². The molecule has 2 aromatic heterocycles. The molecule has 0 N–H and O–H groups in total. The van der Waals surface area contributed by atoms with Crippen molar-refractivity contribution >= 4 is 6.20 Å². The van der Waals surface area contributed by atoms with Crippen molar-refractivity contribution < 1.29 is 0 Å². The third kappa shape index (κ3) is 2.81. The molecule has 86 valence electrons. The summed E-state index contributed by atoms with van der Waals surface area (Å²) in [7, 11) is 0. The summed E-state index contributed by atoms with van der Waals surface area (Å²) in [6, 6.07) is 9.95. The van der Waals surface area contributed by atoms with E-state index in [0.717, 1.165) is 0 Å². The van der Waals surface area contributed by atoms with Crippen LogP contribution >= 0.6 is 0 Å². The summed E-state index contributed by atoms with van der Waals surface area (Å²) in [4.78, 5) is 22.8. The number of hydrogen-bond donors (Lipinski definition) is 0. The van der Waals surface area contributed by atoms with E-state index in [1.165, 1.54) is 16.7 Å². The molecule has 17 heavy (non-hydrogen) atoms. The van der Waals surface area contributed by atoms with Crippen LogP contribution in [-0.4, -0.2) is 9.13 Å². The van der Waals surface area contributed by atoms with Crippen LogP contribution < -0.4 is 11.1 Å². The second kappa shape index (κ2) is 5.12. The van der Waals surface area contributed by atoms with Gasteiger partial charge in [0.05, 0.1) is 0 Å². The van der Waals surface area contributed by atoms with Gasteiger partial charge in [-0.15, -0.1) is 0 Å². The summed E-state index contributed by atoms with van der Waals surface area (Å²) in [6.45, 7) is 0.445. The maximum absolute atomic E-state index is 11.4. The zero-order valence-electron chi connectivity index (χ0n) is 9.19. The fourth-order valence-electron chi connectivity index (χ4n) is 1.45. The van der Waals surface area contributed by atoms with Crippen LogP contribution in [-0.2, 0) is 6.54 Å². The van der Waals surface area contributed by atoms with E-state index in [0.29, 0.717) is 6.54 Å². The zero-order valence-corrected chi connectivity index (χ0v) is 9.19. The predicted molar refractivity (Wildman–Crippen MR) is 66.7 cm³/mol. The summed E-state index contributed by atoms with van der Waals surface area (Å²) < 4.78 is 3.03. The largest absolute Gasteiger partial charge is 0.312 e. The van der Waals surface area contributed by atoms with Crippen molar-refractivity contribution in [3.05, 3.63) is 75.6 Å². The molecule has 4 heteroatoms. The number of aromatic nitrogens is 2. The predicted octanol–water partition coefficient (Wildman–Crippen LogP) is 1.18. The smallest absolute Gasteiger partial charge is 0.254 e. The average Bonchev–Trinajstić information content (AvgIpc) is 2.34. The van der Waals surface area contributed by atoms with Crippen molar-refractivity contribution in [2.24, 2.45) is 0 Å². The monoisotopic (exact) mass is 228 g/mol. The van der Waals surface area contributed by atoms with E-state index in [1.807, 2.05) is 0 Å². The topological polar surface area (TPSA) is 44.0 Å². The van der Waals surface area contributed by atoms with E-state index in [2.05, 4.69) is 0 Å². The van der Waals surface area contributed by atoms with Gasteiger partial charge < -0.3 is 4.57 Å². The number of hydrogen-bond acceptors (Lipinski definition) is 2. The van der Waals surface area contributed by atoms with E-state index in [1.54, 1.807) is 53.5 Å². The lowest BCUT2D eigenvalue weighted by molar-refractivity contribution is 0.778. The molecular weight excluding hydrogens is 216 g/mol. The minimum absolute atomic E-state index is 0.0578. The van der Waals surface area contributed by atoms with Crippen molar-refractivity contribution in [3.8, 4) is 0 Å². The molecule has 2 heterocycles. The lowest BCUT2D eigenvalue weighted by atomic mass is 10.4. The van der Waals surface area contributed by atoms with E-state index in [-0.39, 0.29) is 11.1 Å². The van der Waals surface area contributed by atoms with Gasteiger partial charge >= 0.3 is 0 Å². The van der Waals surface area contributed by atoms with Crippen LogP contribution in [0.5, 0.6) is 0 Å². The Morgan fingerprint density at radius 1 is 0.941 bits per heavy atom. The van der Waals surface area contributed by atoms with Crippen molar-refractivity contribution in [2.75, 3.05) is 0 Å². The average molecular weight is 228 g/mol. The molecule has 0 saturated heterocycles. The van der Waals surface area contributed by atoms with Crippen LogP contribution in [0.3, 0.4) is 0 Å². The molecule has 0 aliphatic heterocycles. The van der Waals surface area contributed by atoms with Gasteiger partial charge in [0.25, 0.3) is 11.1 Å². The standard InChI is InChI=1S/C13H12N2O2/c16-12-6-1-3-8-14(12)10-5-11-15-9-4-2-7-13(15)17/h1-10H,11H2. The van der Waals surface area contributed by atoms with Crippen molar-refractivity contribution in [2.45, 2.75) is 6.54 Å². The Morgan fingerprint density at radius 2 is 1.65 bits per heavy atom. The van der Waals surface area contributed by atoms with Gasteiger partial charge in [-0.05, 0) is 18.2 Å². The molecule has 0 saturated carbocycles. The number of rotatable bonds is 3. The van der Waals surface area contributed by atoms with Gasteiger partial charge in [-0.2, -0.15) is 0 Å². The lowest BCUT2D eigenvalue weighted by Crippen LogP contribution is -2.17. The Labute approximate surface area is 98.1 Å². The quantitative estimate of drug-likeness (QED) is 0.791. The number of allylic oxidation sites excluding steroid dienone is 1. The Balaban J connectivity index is 2.14. The van der Waals surface area contributed by atoms with Crippen LogP contribution in [0.1, 0.15) is 0 Å². The van der Waals surface area contributed by atoms with Crippen LogP contribution in [0.15, 0.2) is 64.5 Å². The van der Waals surface area contributed by atoms with Crippen molar-refractivity contribution in [1.29, 1.82) is 0 Å². The fourth-order valence-corrected chi connectivity index (χ4v) is 1.45. The van der Waals surface area contributed by atoms with Gasteiger partial charge in [0.15, 0.2) is 0 Å². The normalized spacial score (nSPS) is 10.8. The molecule has 2 rings (SSSR count). The molecule has 0 fully saturated rings. The highest BCUT2D eigenvalue weighted by atomic mass is 16.1. The van der Waals surface area contributed by atoms with Gasteiger partial charge in [0.2, 0.25) is 0 Å². The van der Waals surface area contributed by atoms with Crippen LogP contribution in [0, 0.1) is 0 Å². The molecule has 0 atom stereocenters. The molecule has 0 amide bonds. The highest BCUT2D eigenvalue weighted by molar-refractivity contribution is 5.22. The van der Waals surface area contributed by atoms with Crippen molar-refractivity contribution in [1.82, 2.24) is 9.13 Å². The molecule has 0 unspecified atom stereocenters. The second-order valence-corrected chi connectivity index (χ2v) is 3.52. The summed E-state index contributed by atoms with van der Waals surface area (Å²) in [5.41, 5.74) is -0.151. The summed E-state index contributed by atoms with van der Waals surface area (Å²) in [5, 5.41) is 0. The third-order valence-electron chi connectivity index (χ3n) is 2.32. The first kappa shape index (κ1) is 11.1. The minimum Gasteiger partial charge on any atom is -0.312 e. The molecule has 0 spiro atoms. The molecule has 0 bridgehead atoms. The third-order valence-corrected chi connectivity index (χ3v) is 2.32. The molecule has 2 aromatic rings. The first-order chi connectivity index (χ1) is 8.27. The second-order valence-electron chi connectivity index (χ2n) is 3.52. The van der Waals surface area contributed by atoms with Gasteiger partial charge in [-0.1, -0.05) is 12.1 Å². The molecule has 0 aliphatic rings. The van der Waals surface area contributed by atoms with E-state index < -0.39 is 0 Å². The maximum atomic E-state index is 11.4. The van der Waals surface area contributed by atoms with Gasteiger partial charge in [0.1, 0.15) is 0 Å². The molecule has 0 aliphatic carbocycles. The van der Waals surface area contributed by atoms with Gasteiger partial charge in [0, 0.05) is 37.3 Å². The zero-order chi connectivity index (χ0) is 12.1. The van der Waals surface area contributed by atoms with Gasteiger partial charge in [-0.3, -0.25) is 14.2 Å². The molecular formula is C13H12N2O2. The Morgan fingerprint density at radius 3 is 2.35 bits per heavy atom. The number of pyridine rings is 2. The molecule has 0 aromatic carbocycles. The molecule has 0 radical (unpaired) electrons. The Bertz CT molecular complexity index is 638. The maximum Gasteiger partial charge on any atom is 0.254 e. The molecule has 4 nitrogen and oxygen atoms in total. The number of nitrogens with zero attached hydrogens (tertiary/aromatic N) is 2. The first-order valence-corrected chi connectivity index (χ1v) is 5.27. The summed E-state index contributed by atoms with van der Waals surface area (Å²) in [6.07, 6.45) is 6.80. The summed E-state index contributed by atoms with van der Waals surface area (Å²) in [5.74, 6) is 0. The lowest BCUT2D eigenvalue weighted by Gasteiger charge is -2.00. The van der Waals surface area contributed by atoms with E-state index >= 15 is 0 Å². The minimum atomic E-state index is -0.0934. The van der Waals surface area contributed by atoms with Gasteiger partial charge in [-0.25, -0.2) is 0 Å². The van der Waals surface area contributed by atoms with Crippen LogP contribution in [0.2, 0.25) is 0 Å². The van der Waals surface area contributed by atoms with E-state index in [9.17, 15) is 9.59 Å². The SMILES string of the molecule is O=c1ccccn1C=CCn1ccccc1=O. The Hall–Kier alpha value is -2.36. The van der Waals surface area contributed by atoms with Crippen LogP contribution in [0.4, 0.5) is 0 Å². The highest BCUT2D eigenvalue weighted by Gasteiger charge is 1.90.